The van der Waals surface area contributed by atoms with Gasteiger partial charge in [-0.15, -0.1) is 0 Å². The number of hydrogen-bond acceptors (Lipinski definition) is 3. The lowest BCUT2D eigenvalue weighted by atomic mass is 9.81. The zero-order valence-corrected chi connectivity index (χ0v) is 20.5. The summed E-state index contributed by atoms with van der Waals surface area (Å²) < 4.78 is 11.3. The van der Waals surface area contributed by atoms with Crippen molar-refractivity contribution in [3.05, 3.63) is 58.7 Å². The smallest absolute Gasteiger partial charge is 0.164 e. The number of fused-ring (bicyclic) bond motifs is 1. The lowest BCUT2D eigenvalue weighted by molar-refractivity contribution is 0.249. The molecule has 3 nitrogen and oxygen atoms in total. The Labute approximate surface area is 189 Å². The quantitative estimate of drug-likeness (QED) is 0.467. The summed E-state index contributed by atoms with van der Waals surface area (Å²) in [4.78, 5) is 2.66. The number of ether oxygens (including phenoxy) is 2. The van der Waals surface area contributed by atoms with Crippen molar-refractivity contribution in [2.45, 2.75) is 71.1 Å². The Balaban J connectivity index is 1.70. The summed E-state index contributed by atoms with van der Waals surface area (Å²) in [7, 11) is 3.48. The number of methoxy groups -OCH3 is 2. The van der Waals surface area contributed by atoms with Crippen LogP contribution in [0.25, 0.3) is 0 Å². The van der Waals surface area contributed by atoms with Gasteiger partial charge in [0.1, 0.15) is 0 Å². The highest BCUT2D eigenvalue weighted by Crippen LogP contribution is 2.42. The molecule has 0 saturated carbocycles. The lowest BCUT2D eigenvalue weighted by Crippen LogP contribution is -2.32. The fraction of sp³-hybridized carbons (Fsp3) is 0.571. The molecule has 0 aliphatic heterocycles. The maximum atomic E-state index is 5.74. The Hall–Kier alpha value is -2.00. The van der Waals surface area contributed by atoms with Crippen molar-refractivity contribution >= 4 is 0 Å². The van der Waals surface area contributed by atoms with E-state index in [9.17, 15) is 0 Å². The van der Waals surface area contributed by atoms with Crippen molar-refractivity contribution in [3.8, 4) is 11.5 Å². The molecule has 3 heteroatoms. The second kappa shape index (κ2) is 10.5. The minimum atomic E-state index is 0.213. The highest BCUT2D eigenvalue weighted by atomic mass is 16.5. The van der Waals surface area contributed by atoms with Crippen LogP contribution in [-0.4, -0.2) is 38.8 Å². The van der Waals surface area contributed by atoms with Gasteiger partial charge in [0.2, 0.25) is 0 Å². The Morgan fingerprint density at radius 2 is 1.71 bits per heavy atom. The van der Waals surface area contributed by atoms with Crippen LogP contribution in [0.3, 0.4) is 0 Å². The molecule has 1 aliphatic carbocycles. The van der Waals surface area contributed by atoms with Gasteiger partial charge in [-0.2, -0.15) is 0 Å². The molecule has 0 spiro atoms. The van der Waals surface area contributed by atoms with Crippen LogP contribution in [-0.2, 0) is 18.3 Å². The lowest BCUT2D eigenvalue weighted by Gasteiger charge is -2.32. The van der Waals surface area contributed by atoms with Crippen molar-refractivity contribution < 1.29 is 9.47 Å². The number of rotatable bonds is 9. The predicted molar refractivity (Wildman–Crippen MR) is 131 cm³/mol. The molecular formula is C28H41NO2. The van der Waals surface area contributed by atoms with E-state index in [1.54, 1.807) is 14.2 Å². The van der Waals surface area contributed by atoms with Crippen molar-refractivity contribution in [2.75, 3.05) is 33.9 Å². The molecule has 0 saturated heterocycles. The SMILES string of the molecule is CCCN(CCc1ccc(C(C)(C)C)cc1)C[C@H]1CCCc2c1ccc(OC)c2OC. The van der Waals surface area contributed by atoms with Gasteiger partial charge in [-0.05, 0) is 72.7 Å². The van der Waals surface area contributed by atoms with Crippen molar-refractivity contribution in [3.63, 3.8) is 0 Å². The van der Waals surface area contributed by atoms with Crippen LogP contribution < -0.4 is 9.47 Å². The topological polar surface area (TPSA) is 21.7 Å². The monoisotopic (exact) mass is 423 g/mol. The molecule has 0 fully saturated rings. The van der Waals surface area contributed by atoms with Gasteiger partial charge >= 0.3 is 0 Å². The van der Waals surface area contributed by atoms with Gasteiger partial charge in [-0.25, -0.2) is 0 Å². The number of benzene rings is 2. The molecule has 3 rings (SSSR count). The second-order valence-corrected chi connectivity index (χ2v) is 9.96. The van der Waals surface area contributed by atoms with E-state index in [-0.39, 0.29) is 5.41 Å². The molecule has 0 aromatic heterocycles. The Morgan fingerprint density at radius 1 is 0.968 bits per heavy atom. The highest BCUT2D eigenvalue weighted by molar-refractivity contribution is 5.53. The van der Waals surface area contributed by atoms with Crippen molar-refractivity contribution in [2.24, 2.45) is 0 Å². The summed E-state index contributed by atoms with van der Waals surface area (Å²) in [6.45, 7) is 12.5. The average molecular weight is 424 g/mol. The predicted octanol–water partition coefficient (Wildman–Crippen LogP) is 6.38. The molecule has 0 amide bonds. The Morgan fingerprint density at radius 3 is 2.32 bits per heavy atom. The van der Waals surface area contributed by atoms with E-state index in [4.69, 9.17) is 9.47 Å². The fourth-order valence-corrected chi connectivity index (χ4v) is 4.90. The van der Waals surface area contributed by atoms with E-state index in [2.05, 4.69) is 69.0 Å². The third-order valence-corrected chi connectivity index (χ3v) is 6.66. The maximum Gasteiger partial charge on any atom is 0.164 e. The fourth-order valence-electron chi connectivity index (χ4n) is 4.90. The van der Waals surface area contributed by atoms with Crippen LogP contribution in [0.4, 0.5) is 0 Å². The van der Waals surface area contributed by atoms with Gasteiger partial charge in [0.05, 0.1) is 14.2 Å². The zero-order valence-electron chi connectivity index (χ0n) is 20.5. The maximum absolute atomic E-state index is 5.74. The minimum absolute atomic E-state index is 0.213. The molecule has 0 bridgehead atoms. The zero-order chi connectivity index (χ0) is 22.4. The minimum Gasteiger partial charge on any atom is -0.493 e. The van der Waals surface area contributed by atoms with Crippen LogP contribution in [0.5, 0.6) is 11.5 Å². The van der Waals surface area contributed by atoms with Gasteiger partial charge in [0, 0.05) is 18.7 Å². The van der Waals surface area contributed by atoms with Crippen molar-refractivity contribution in [1.29, 1.82) is 0 Å². The first-order valence-electron chi connectivity index (χ1n) is 11.9. The van der Waals surface area contributed by atoms with E-state index in [1.165, 1.54) is 41.5 Å². The normalized spacial score (nSPS) is 16.3. The van der Waals surface area contributed by atoms with Gasteiger partial charge in [0.25, 0.3) is 0 Å². The summed E-state index contributed by atoms with van der Waals surface area (Å²) in [5, 5.41) is 0. The average Bonchev–Trinajstić information content (AvgIpc) is 2.76. The van der Waals surface area contributed by atoms with Gasteiger partial charge < -0.3 is 14.4 Å². The summed E-state index contributed by atoms with van der Waals surface area (Å²) in [6.07, 6.45) is 5.85. The summed E-state index contributed by atoms with van der Waals surface area (Å²) >= 11 is 0. The number of nitrogens with zero attached hydrogens (tertiary/aromatic N) is 1. The highest BCUT2D eigenvalue weighted by Gasteiger charge is 2.26. The molecule has 1 atom stereocenters. The first-order chi connectivity index (χ1) is 14.9. The third-order valence-electron chi connectivity index (χ3n) is 6.66. The summed E-state index contributed by atoms with van der Waals surface area (Å²) in [5.41, 5.74) is 5.87. The van der Waals surface area contributed by atoms with E-state index < -0.39 is 0 Å². The molecule has 2 aromatic rings. The van der Waals surface area contributed by atoms with Gasteiger partial charge in [0.15, 0.2) is 11.5 Å². The van der Waals surface area contributed by atoms with E-state index in [1.807, 2.05) is 0 Å². The Bertz CT molecular complexity index is 835. The summed E-state index contributed by atoms with van der Waals surface area (Å²) in [5.74, 6) is 2.36. The van der Waals surface area contributed by atoms with Crippen LogP contribution in [0, 0.1) is 0 Å². The molecule has 0 heterocycles. The van der Waals surface area contributed by atoms with Gasteiger partial charge in [-0.3, -0.25) is 0 Å². The number of hydrogen-bond donors (Lipinski definition) is 0. The van der Waals surface area contributed by atoms with Crippen LogP contribution >= 0.6 is 0 Å². The molecule has 0 N–H and O–H groups in total. The van der Waals surface area contributed by atoms with Crippen molar-refractivity contribution in [1.82, 2.24) is 4.90 Å². The molecule has 0 unspecified atom stereocenters. The molecular weight excluding hydrogens is 382 g/mol. The first kappa shape index (κ1) is 23.7. The largest absolute Gasteiger partial charge is 0.493 e. The molecule has 1 aliphatic rings. The van der Waals surface area contributed by atoms with E-state index in [0.29, 0.717) is 5.92 Å². The molecule has 0 radical (unpaired) electrons. The van der Waals surface area contributed by atoms with E-state index in [0.717, 1.165) is 44.0 Å². The molecule has 2 aromatic carbocycles. The van der Waals surface area contributed by atoms with Crippen LogP contribution in [0.15, 0.2) is 36.4 Å². The standard InChI is InChI=1S/C28H41NO2/c1-7-18-29(19-17-21-11-13-23(14-12-21)28(2,3)4)20-22-9-8-10-25-24(22)15-16-26(30-5)27(25)31-6/h11-16,22H,7-10,17-20H2,1-6H3/t22-/m1/s1. The molecule has 170 valence electrons. The summed E-state index contributed by atoms with van der Waals surface area (Å²) in [6, 6.07) is 13.6. The third kappa shape index (κ3) is 5.83. The van der Waals surface area contributed by atoms with Gasteiger partial charge in [-0.1, -0.05) is 58.0 Å². The second-order valence-electron chi connectivity index (χ2n) is 9.96. The molecule has 31 heavy (non-hydrogen) atoms. The van der Waals surface area contributed by atoms with Crippen LogP contribution in [0.2, 0.25) is 0 Å². The van der Waals surface area contributed by atoms with E-state index >= 15 is 0 Å². The van der Waals surface area contributed by atoms with Crippen LogP contribution in [0.1, 0.15) is 75.1 Å². The Kier molecular flexibility index (Phi) is 8.05. The first-order valence-corrected chi connectivity index (χ1v) is 11.9.